The van der Waals surface area contributed by atoms with Crippen LogP contribution in [0.3, 0.4) is 0 Å². The zero-order chi connectivity index (χ0) is 12.3. The van der Waals surface area contributed by atoms with Crippen molar-refractivity contribution < 1.29 is 22.7 Å². The summed E-state index contributed by atoms with van der Waals surface area (Å²) in [7, 11) is 1.13. The van der Waals surface area contributed by atoms with Gasteiger partial charge in [-0.2, -0.15) is 13.2 Å². The van der Waals surface area contributed by atoms with Gasteiger partial charge in [-0.1, -0.05) is 6.07 Å². The second kappa shape index (κ2) is 4.78. The van der Waals surface area contributed by atoms with Gasteiger partial charge in [0.05, 0.1) is 18.2 Å². The summed E-state index contributed by atoms with van der Waals surface area (Å²) in [5, 5.41) is 0. The van der Waals surface area contributed by atoms with Crippen molar-refractivity contribution in [3.63, 3.8) is 0 Å². The Balaban J connectivity index is 3.38. The molecule has 0 aliphatic heterocycles. The third-order valence-corrected chi connectivity index (χ3v) is 2.78. The van der Waals surface area contributed by atoms with Crippen LogP contribution >= 0.6 is 11.8 Å². The normalized spacial score (nSPS) is 11.3. The fourth-order valence-electron chi connectivity index (χ4n) is 1.25. The number of ether oxygens (including phenoxy) is 1. The van der Waals surface area contributed by atoms with E-state index >= 15 is 0 Å². The lowest BCUT2D eigenvalue weighted by atomic mass is 10.1. The number of esters is 1. The molecular weight excluding hydrogens is 241 g/mol. The average molecular weight is 250 g/mol. The Morgan fingerprint density at radius 3 is 2.44 bits per heavy atom. The minimum atomic E-state index is -4.47. The fourth-order valence-corrected chi connectivity index (χ4v) is 2.03. The Hall–Kier alpha value is -1.17. The largest absolute Gasteiger partial charge is 0.465 e. The van der Waals surface area contributed by atoms with Gasteiger partial charge in [0.2, 0.25) is 0 Å². The van der Waals surface area contributed by atoms with E-state index in [1.165, 1.54) is 18.4 Å². The van der Waals surface area contributed by atoms with E-state index in [9.17, 15) is 18.0 Å². The second-order valence-corrected chi connectivity index (χ2v) is 3.69. The molecular formula is C10H9F3O2S. The third kappa shape index (κ3) is 2.49. The van der Waals surface area contributed by atoms with Crippen LogP contribution < -0.4 is 0 Å². The number of hydrogen-bond donors (Lipinski definition) is 0. The van der Waals surface area contributed by atoms with Crippen molar-refractivity contribution in [2.75, 3.05) is 13.4 Å². The minimum Gasteiger partial charge on any atom is -0.465 e. The molecule has 88 valence electrons. The van der Waals surface area contributed by atoms with Crippen molar-refractivity contribution in [3.05, 3.63) is 29.3 Å². The number of rotatable bonds is 2. The van der Waals surface area contributed by atoms with Crippen LogP contribution in [0.15, 0.2) is 23.1 Å². The number of benzene rings is 1. The van der Waals surface area contributed by atoms with E-state index in [-0.39, 0.29) is 10.5 Å². The van der Waals surface area contributed by atoms with Crippen LogP contribution in [0.25, 0.3) is 0 Å². The average Bonchev–Trinajstić information content (AvgIpc) is 2.25. The third-order valence-electron chi connectivity index (χ3n) is 1.93. The molecule has 6 heteroatoms. The maximum Gasteiger partial charge on any atom is 0.417 e. The summed E-state index contributed by atoms with van der Waals surface area (Å²) < 4.78 is 42.3. The van der Waals surface area contributed by atoms with Crippen molar-refractivity contribution in [2.24, 2.45) is 0 Å². The lowest BCUT2D eigenvalue weighted by molar-refractivity contribution is -0.139. The highest BCUT2D eigenvalue weighted by Crippen LogP contribution is 2.37. The summed E-state index contributed by atoms with van der Waals surface area (Å²) in [5.41, 5.74) is -0.882. The van der Waals surface area contributed by atoms with E-state index in [1.54, 1.807) is 0 Å². The van der Waals surface area contributed by atoms with Crippen molar-refractivity contribution in [1.29, 1.82) is 0 Å². The molecule has 0 aromatic heterocycles. The Labute approximate surface area is 94.8 Å². The molecule has 0 fully saturated rings. The van der Waals surface area contributed by atoms with Crippen LogP contribution in [0.2, 0.25) is 0 Å². The SMILES string of the molecule is COC(=O)c1cccc(C(F)(F)F)c1SC. The number of carbonyl (C=O) groups excluding carboxylic acids is 1. The Bertz CT molecular complexity index is 402. The molecule has 0 aliphatic rings. The van der Waals surface area contributed by atoms with Crippen LogP contribution in [0.4, 0.5) is 13.2 Å². The van der Waals surface area contributed by atoms with Crippen LogP contribution in [-0.2, 0) is 10.9 Å². The highest BCUT2D eigenvalue weighted by Gasteiger charge is 2.35. The molecule has 16 heavy (non-hydrogen) atoms. The molecule has 1 rings (SSSR count). The molecule has 0 atom stereocenters. The van der Waals surface area contributed by atoms with E-state index in [2.05, 4.69) is 4.74 Å². The lowest BCUT2D eigenvalue weighted by Crippen LogP contribution is -2.11. The van der Waals surface area contributed by atoms with Crippen molar-refractivity contribution in [2.45, 2.75) is 11.1 Å². The first-order valence-electron chi connectivity index (χ1n) is 4.24. The number of thioether (sulfide) groups is 1. The first kappa shape index (κ1) is 12.9. The van der Waals surface area contributed by atoms with Crippen molar-refractivity contribution in [3.8, 4) is 0 Å². The van der Waals surface area contributed by atoms with Crippen molar-refractivity contribution in [1.82, 2.24) is 0 Å². The molecule has 0 radical (unpaired) electrons. The molecule has 0 heterocycles. The molecule has 0 amide bonds. The summed E-state index contributed by atoms with van der Waals surface area (Å²) in [4.78, 5) is 11.2. The Morgan fingerprint density at radius 1 is 1.38 bits per heavy atom. The standard InChI is InChI=1S/C10H9F3O2S/c1-15-9(14)6-4-3-5-7(8(6)16-2)10(11,12)13/h3-5H,1-2H3. The van der Waals surface area contributed by atoms with Gasteiger partial charge in [-0.25, -0.2) is 4.79 Å². The van der Waals surface area contributed by atoms with Gasteiger partial charge in [0.1, 0.15) is 0 Å². The van der Waals surface area contributed by atoms with Crippen LogP contribution in [0.5, 0.6) is 0 Å². The number of carbonyl (C=O) groups is 1. The highest BCUT2D eigenvalue weighted by atomic mass is 32.2. The van der Waals surface area contributed by atoms with Gasteiger partial charge in [0.15, 0.2) is 0 Å². The molecule has 0 bridgehead atoms. The smallest absolute Gasteiger partial charge is 0.417 e. The first-order chi connectivity index (χ1) is 7.41. The molecule has 0 saturated carbocycles. The van der Waals surface area contributed by atoms with Crippen molar-refractivity contribution >= 4 is 17.7 Å². The molecule has 0 N–H and O–H groups in total. The predicted molar refractivity (Wildman–Crippen MR) is 54.6 cm³/mol. The zero-order valence-electron chi connectivity index (χ0n) is 8.59. The molecule has 0 aliphatic carbocycles. The molecule has 0 unspecified atom stereocenters. The number of hydrogen-bond acceptors (Lipinski definition) is 3. The quantitative estimate of drug-likeness (QED) is 0.595. The molecule has 1 aromatic rings. The van der Waals surface area contributed by atoms with E-state index in [4.69, 9.17) is 0 Å². The van der Waals surface area contributed by atoms with Crippen LogP contribution in [0, 0.1) is 0 Å². The zero-order valence-corrected chi connectivity index (χ0v) is 9.41. The van der Waals surface area contributed by atoms with Gasteiger partial charge in [-0.3, -0.25) is 0 Å². The summed E-state index contributed by atoms with van der Waals surface area (Å²) in [6.45, 7) is 0. The monoisotopic (exact) mass is 250 g/mol. The molecule has 0 saturated heterocycles. The van der Waals surface area contributed by atoms with Gasteiger partial charge in [0, 0.05) is 4.90 Å². The second-order valence-electron chi connectivity index (χ2n) is 2.88. The number of methoxy groups -OCH3 is 1. The highest BCUT2D eigenvalue weighted by molar-refractivity contribution is 7.98. The fraction of sp³-hybridized carbons (Fsp3) is 0.300. The van der Waals surface area contributed by atoms with Crippen LogP contribution in [-0.4, -0.2) is 19.3 Å². The van der Waals surface area contributed by atoms with Gasteiger partial charge in [0.25, 0.3) is 0 Å². The topological polar surface area (TPSA) is 26.3 Å². The summed E-state index contributed by atoms with van der Waals surface area (Å²) in [6.07, 6.45) is -2.99. The lowest BCUT2D eigenvalue weighted by Gasteiger charge is -2.13. The molecule has 0 spiro atoms. The van der Waals surface area contributed by atoms with E-state index in [1.807, 2.05) is 0 Å². The predicted octanol–water partition coefficient (Wildman–Crippen LogP) is 3.21. The van der Waals surface area contributed by atoms with Gasteiger partial charge in [-0.15, -0.1) is 11.8 Å². The Kier molecular flexibility index (Phi) is 3.85. The van der Waals surface area contributed by atoms with E-state index < -0.39 is 17.7 Å². The summed E-state index contributed by atoms with van der Waals surface area (Å²) in [6, 6.07) is 3.44. The van der Waals surface area contributed by atoms with Gasteiger partial charge < -0.3 is 4.74 Å². The molecule has 1 aromatic carbocycles. The number of alkyl halides is 3. The van der Waals surface area contributed by atoms with Gasteiger partial charge >= 0.3 is 12.1 Å². The maximum absolute atomic E-state index is 12.6. The van der Waals surface area contributed by atoms with Gasteiger partial charge in [-0.05, 0) is 18.4 Å². The molecule has 2 nitrogen and oxygen atoms in total. The number of halogens is 3. The van der Waals surface area contributed by atoms with E-state index in [0.717, 1.165) is 24.9 Å². The summed E-state index contributed by atoms with van der Waals surface area (Å²) in [5.74, 6) is -0.768. The van der Waals surface area contributed by atoms with Crippen LogP contribution in [0.1, 0.15) is 15.9 Å². The minimum absolute atomic E-state index is 0.0650. The Morgan fingerprint density at radius 2 is 2.00 bits per heavy atom. The van der Waals surface area contributed by atoms with E-state index in [0.29, 0.717) is 0 Å². The first-order valence-corrected chi connectivity index (χ1v) is 5.46. The summed E-state index contributed by atoms with van der Waals surface area (Å²) >= 11 is 0.872. The maximum atomic E-state index is 12.6.